The fraction of sp³-hybridized carbons (Fsp3) is 0.278. The Labute approximate surface area is 136 Å². The Morgan fingerprint density at radius 3 is 2.30 bits per heavy atom. The third kappa shape index (κ3) is 4.64. The van der Waals surface area contributed by atoms with E-state index in [1.165, 1.54) is 0 Å². The Balaban J connectivity index is 1.89. The molecule has 0 bridgehead atoms. The summed E-state index contributed by atoms with van der Waals surface area (Å²) in [4.78, 5) is 12.1. The molecule has 0 fully saturated rings. The van der Waals surface area contributed by atoms with Crippen molar-refractivity contribution in [3.63, 3.8) is 0 Å². The lowest BCUT2D eigenvalue weighted by Gasteiger charge is -2.15. The van der Waals surface area contributed by atoms with Gasteiger partial charge in [0, 0.05) is 12.1 Å². The number of benzene rings is 2. The first kappa shape index (κ1) is 16.7. The van der Waals surface area contributed by atoms with Gasteiger partial charge in [-0.3, -0.25) is 4.79 Å². The Morgan fingerprint density at radius 2 is 1.65 bits per heavy atom. The van der Waals surface area contributed by atoms with Gasteiger partial charge in [0.25, 0.3) is 5.91 Å². The molecule has 0 saturated carbocycles. The summed E-state index contributed by atoms with van der Waals surface area (Å²) in [5.74, 6) is 1.92. The smallest absolute Gasteiger partial charge is 0.261 e. The van der Waals surface area contributed by atoms with Gasteiger partial charge in [0.05, 0.1) is 14.2 Å². The Hall–Kier alpha value is -2.69. The molecule has 1 atom stereocenters. The van der Waals surface area contributed by atoms with Crippen molar-refractivity contribution in [3.05, 3.63) is 54.1 Å². The predicted octanol–water partition coefficient (Wildman–Crippen LogP) is 2.79. The molecule has 0 unspecified atom stereocenters. The lowest BCUT2D eigenvalue weighted by Crippen LogP contribution is -2.35. The van der Waals surface area contributed by atoms with Crippen LogP contribution in [-0.4, -0.2) is 26.2 Å². The Kier molecular flexibility index (Phi) is 5.86. The van der Waals surface area contributed by atoms with Crippen molar-refractivity contribution in [3.8, 4) is 17.2 Å². The van der Waals surface area contributed by atoms with Crippen molar-refractivity contribution in [2.24, 2.45) is 0 Å². The molecule has 122 valence electrons. The fourth-order valence-corrected chi connectivity index (χ4v) is 2.09. The van der Waals surface area contributed by atoms with Crippen molar-refractivity contribution in [2.75, 3.05) is 14.2 Å². The molecule has 0 aromatic heterocycles. The molecule has 0 heterocycles. The second kappa shape index (κ2) is 8.08. The normalized spacial score (nSPS) is 11.4. The molecule has 0 spiro atoms. The van der Waals surface area contributed by atoms with Crippen LogP contribution >= 0.6 is 0 Å². The van der Waals surface area contributed by atoms with E-state index in [0.29, 0.717) is 12.3 Å². The number of rotatable bonds is 7. The third-order valence-electron chi connectivity index (χ3n) is 3.39. The summed E-state index contributed by atoms with van der Waals surface area (Å²) in [6, 6.07) is 14.7. The summed E-state index contributed by atoms with van der Waals surface area (Å²) in [5, 5.41) is 2.85. The first-order chi connectivity index (χ1) is 11.1. The van der Waals surface area contributed by atoms with E-state index in [4.69, 9.17) is 14.2 Å². The molecule has 0 aliphatic heterocycles. The molecule has 5 heteroatoms. The van der Waals surface area contributed by atoms with Gasteiger partial charge in [-0.15, -0.1) is 0 Å². The minimum absolute atomic E-state index is 0.188. The topological polar surface area (TPSA) is 56.8 Å². The average Bonchev–Trinajstić information content (AvgIpc) is 2.60. The summed E-state index contributed by atoms with van der Waals surface area (Å²) in [6.45, 7) is 2.10. The zero-order chi connectivity index (χ0) is 16.7. The summed E-state index contributed by atoms with van der Waals surface area (Å²) in [7, 11) is 3.21. The van der Waals surface area contributed by atoms with E-state index in [0.717, 1.165) is 17.1 Å². The molecule has 5 nitrogen and oxygen atoms in total. The molecular formula is C18H21NO4. The molecule has 2 aromatic carbocycles. The molecule has 2 aromatic rings. The highest BCUT2D eigenvalue weighted by molar-refractivity contribution is 5.80. The third-order valence-corrected chi connectivity index (χ3v) is 3.39. The SMILES string of the molecule is COc1ccc(O[C@H](C)C(=O)NCc2ccccc2OC)cc1. The quantitative estimate of drug-likeness (QED) is 0.853. The number of nitrogens with one attached hydrogen (secondary N) is 1. The zero-order valence-electron chi connectivity index (χ0n) is 13.5. The van der Waals surface area contributed by atoms with Crippen molar-refractivity contribution < 1.29 is 19.0 Å². The van der Waals surface area contributed by atoms with Crippen molar-refractivity contribution in [2.45, 2.75) is 19.6 Å². The lowest BCUT2D eigenvalue weighted by atomic mass is 10.2. The lowest BCUT2D eigenvalue weighted by molar-refractivity contribution is -0.127. The summed E-state index contributed by atoms with van der Waals surface area (Å²) in [6.07, 6.45) is -0.599. The van der Waals surface area contributed by atoms with Gasteiger partial charge in [-0.05, 0) is 37.3 Å². The Bertz CT molecular complexity index is 640. The highest BCUT2D eigenvalue weighted by Crippen LogP contribution is 2.19. The summed E-state index contributed by atoms with van der Waals surface area (Å²) >= 11 is 0. The van der Waals surface area contributed by atoms with E-state index < -0.39 is 6.10 Å². The number of methoxy groups -OCH3 is 2. The van der Waals surface area contributed by atoms with Crippen LogP contribution in [0.1, 0.15) is 12.5 Å². The van der Waals surface area contributed by atoms with Gasteiger partial charge in [-0.2, -0.15) is 0 Å². The van der Waals surface area contributed by atoms with E-state index in [1.54, 1.807) is 45.4 Å². The molecular weight excluding hydrogens is 294 g/mol. The van der Waals surface area contributed by atoms with Gasteiger partial charge in [-0.1, -0.05) is 18.2 Å². The van der Waals surface area contributed by atoms with Crippen LogP contribution in [0.15, 0.2) is 48.5 Å². The van der Waals surface area contributed by atoms with E-state index in [2.05, 4.69) is 5.32 Å². The molecule has 23 heavy (non-hydrogen) atoms. The van der Waals surface area contributed by atoms with E-state index in [9.17, 15) is 4.79 Å². The molecule has 0 radical (unpaired) electrons. The zero-order valence-corrected chi connectivity index (χ0v) is 13.5. The van der Waals surface area contributed by atoms with Crippen LogP contribution in [0, 0.1) is 0 Å². The van der Waals surface area contributed by atoms with Crippen LogP contribution in [0.5, 0.6) is 17.2 Å². The number of carbonyl (C=O) groups is 1. The van der Waals surface area contributed by atoms with Gasteiger partial charge in [0.15, 0.2) is 6.10 Å². The molecule has 0 aliphatic carbocycles. The van der Waals surface area contributed by atoms with E-state index in [1.807, 2.05) is 24.3 Å². The number of hydrogen-bond acceptors (Lipinski definition) is 4. The number of hydrogen-bond donors (Lipinski definition) is 1. The molecule has 2 rings (SSSR count). The average molecular weight is 315 g/mol. The van der Waals surface area contributed by atoms with Crippen molar-refractivity contribution >= 4 is 5.91 Å². The highest BCUT2D eigenvalue weighted by Gasteiger charge is 2.15. The minimum Gasteiger partial charge on any atom is -0.497 e. The molecule has 1 N–H and O–H groups in total. The monoisotopic (exact) mass is 315 g/mol. The molecule has 0 saturated heterocycles. The number of carbonyl (C=O) groups excluding carboxylic acids is 1. The van der Waals surface area contributed by atoms with Crippen molar-refractivity contribution in [1.82, 2.24) is 5.32 Å². The largest absolute Gasteiger partial charge is 0.497 e. The van der Waals surface area contributed by atoms with Crippen LogP contribution in [-0.2, 0) is 11.3 Å². The number of ether oxygens (including phenoxy) is 3. The number of para-hydroxylation sites is 1. The predicted molar refractivity (Wildman–Crippen MR) is 87.9 cm³/mol. The van der Waals surface area contributed by atoms with Gasteiger partial charge < -0.3 is 19.5 Å². The maximum atomic E-state index is 12.1. The van der Waals surface area contributed by atoms with Gasteiger partial charge >= 0.3 is 0 Å². The molecule has 0 aliphatic rings. The van der Waals surface area contributed by atoms with Gasteiger partial charge in [-0.25, -0.2) is 0 Å². The summed E-state index contributed by atoms with van der Waals surface area (Å²) in [5.41, 5.74) is 0.917. The molecule has 1 amide bonds. The second-order valence-corrected chi connectivity index (χ2v) is 4.97. The minimum atomic E-state index is -0.599. The fourth-order valence-electron chi connectivity index (χ4n) is 2.09. The second-order valence-electron chi connectivity index (χ2n) is 4.97. The highest BCUT2D eigenvalue weighted by atomic mass is 16.5. The van der Waals surface area contributed by atoms with Gasteiger partial charge in [0.2, 0.25) is 0 Å². The first-order valence-corrected chi connectivity index (χ1v) is 7.34. The first-order valence-electron chi connectivity index (χ1n) is 7.34. The van der Waals surface area contributed by atoms with E-state index >= 15 is 0 Å². The van der Waals surface area contributed by atoms with Crippen LogP contribution in [0.25, 0.3) is 0 Å². The van der Waals surface area contributed by atoms with Crippen LogP contribution in [0.4, 0.5) is 0 Å². The van der Waals surface area contributed by atoms with Crippen LogP contribution in [0.3, 0.4) is 0 Å². The van der Waals surface area contributed by atoms with Gasteiger partial charge in [0.1, 0.15) is 17.2 Å². The maximum Gasteiger partial charge on any atom is 0.261 e. The van der Waals surface area contributed by atoms with Crippen molar-refractivity contribution in [1.29, 1.82) is 0 Å². The summed E-state index contributed by atoms with van der Waals surface area (Å²) < 4.78 is 16.0. The van der Waals surface area contributed by atoms with Crippen LogP contribution in [0.2, 0.25) is 0 Å². The van der Waals surface area contributed by atoms with Crippen LogP contribution < -0.4 is 19.5 Å². The standard InChI is InChI=1S/C18H21NO4/c1-13(23-16-10-8-15(21-2)9-11-16)18(20)19-12-14-6-4-5-7-17(14)22-3/h4-11,13H,12H2,1-3H3,(H,19,20)/t13-/m1/s1. The maximum absolute atomic E-state index is 12.1. The Morgan fingerprint density at radius 1 is 1.00 bits per heavy atom. The number of amides is 1. The van der Waals surface area contributed by atoms with E-state index in [-0.39, 0.29) is 5.91 Å².